The van der Waals surface area contributed by atoms with Gasteiger partial charge >= 0.3 is 5.76 Å². The van der Waals surface area contributed by atoms with Crippen molar-refractivity contribution < 1.29 is 18.7 Å². The van der Waals surface area contributed by atoms with Crippen LogP contribution in [-0.4, -0.2) is 24.1 Å². The van der Waals surface area contributed by atoms with Gasteiger partial charge in [-0.25, -0.2) is 4.79 Å². The lowest BCUT2D eigenvalue weighted by molar-refractivity contribution is -0.116. The van der Waals surface area contributed by atoms with Crippen molar-refractivity contribution in [3.8, 4) is 11.5 Å². The number of aryl methyl sites for hydroxylation is 1. The second-order valence-electron chi connectivity index (χ2n) is 6.11. The van der Waals surface area contributed by atoms with Crippen LogP contribution < -0.4 is 20.5 Å². The molecule has 0 aliphatic carbocycles. The molecule has 0 bridgehead atoms. The van der Waals surface area contributed by atoms with Crippen LogP contribution >= 0.6 is 0 Å². The van der Waals surface area contributed by atoms with Crippen LogP contribution in [-0.2, 0) is 11.2 Å². The van der Waals surface area contributed by atoms with Gasteiger partial charge in [0.1, 0.15) is 13.2 Å². The van der Waals surface area contributed by atoms with Crippen molar-refractivity contribution in [2.24, 2.45) is 0 Å². The van der Waals surface area contributed by atoms with Crippen molar-refractivity contribution in [2.45, 2.75) is 19.3 Å². The van der Waals surface area contributed by atoms with Crippen LogP contribution in [0.15, 0.2) is 45.6 Å². The van der Waals surface area contributed by atoms with Crippen molar-refractivity contribution in [3.63, 3.8) is 0 Å². The predicted octanol–water partition coefficient (Wildman–Crippen LogP) is 2.85. The zero-order valence-corrected chi connectivity index (χ0v) is 14.0. The second-order valence-corrected chi connectivity index (χ2v) is 6.11. The summed E-state index contributed by atoms with van der Waals surface area (Å²) in [6.07, 6.45) is 1.88. The van der Waals surface area contributed by atoms with E-state index in [0.717, 1.165) is 23.5 Å². The van der Waals surface area contributed by atoms with E-state index in [-0.39, 0.29) is 5.91 Å². The molecule has 4 rings (SSSR count). The van der Waals surface area contributed by atoms with Crippen molar-refractivity contribution in [2.75, 3.05) is 18.5 Å². The van der Waals surface area contributed by atoms with Gasteiger partial charge in [0.15, 0.2) is 17.1 Å². The highest BCUT2D eigenvalue weighted by Gasteiger charge is 2.12. The molecule has 26 heavy (non-hydrogen) atoms. The summed E-state index contributed by atoms with van der Waals surface area (Å²) in [5.41, 5.74) is 2.73. The molecule has 1 aliphatic heterocycles. The number of carbonyl (C=O) groups is 1. The number of aromatic nitrogens is 1. The van der Waals surface area contributed by atoms with E-state index in [1.165, 1.54) is 0 Å². The van der Waals surface area contributed by atoms with Gasteiger partial charge in [-0.2, -0.15) is 0 Å². The molecule has 2 N–H and O–H groups in total. The van der Waals surface area contributed by atoms with Gasteiger partial charge in [-0.05, 0) is 42.7 Å². The van der Waals surface area contributed by atoms with Gasteiger partial charge in [-0.15, -0.1) is 0 Å². The minimum absolute atomic E-state index is 0.0835. The van der Waals surface area contributed by atoms with E-state index in [1.54, 1.807) is 18.2 Å². The van der Waals surface area contributed by atoms with Gasteiger partial charge in [0, 0.05) is 18.2 Å². The van der Waals surface area contributed by atoms with Gasteiger partial charge < -0.3 is 19.2 Å². The highest BCUT2D eigenvalue weighted by Crippen LogP contribution is 2.31. The molecule has 134 valence electrons. The number of benzene rings is 2. The lowest BCUT2D eigenvalue weighted by Gasteiger charge is -2.18. The van der Waals surface area contributed by atoms with Crippen LogP contribution in [0.5, 0.6) is 11.5 Å². The van der Waals surface area contributed by atoms with Crippen LogP contribution in [0.4, 0.5) is 5.69 Å². The van der Waals surface area contributed by atoms with Crippen molar-refractivity contribution in [1.29, 1.82) is 0 Å². The van der Waals surface area contributed by atoms with Gasteiger partial charge in [-0.1, -0.05) is 6.07 Å². The Bertz CT molecular complexity index is 1000. The van der Waals surface area contributed by atoms with Crippen molar-refractivity contribution in [3.05, 3.63) is 52.5 Å². The first-order valence-electron chi connectivity index (χ1n) is 8.49. The monoisotopic (exact) mass is 354 g/mol. The summed E-state index contributed by atoms with van der Waals surface area (Å²) < 4.78 is 16.1. The van der Waals surface area contributed by atoms with Crippen LogP contribution in [0.2, 0.25) is 0 Å². The minimum atomic E-state index is -0.511. The largest absolute Gasteiger partial charge is 0.486 e. The number of carbonyl (C=O) groups excluding carboxylic acids is 1. The standard InChI is InChI=1S/C19H18N2O5/c22-18(20-13-5-6-14-16(11-13)26-19(23)21-14)3-1-2-12-4-7-15-17(10-12)25-9-8-24-15/h4-7,10-11H,1-3,8-9H2,(H,20,22)(H,21,23). The third-order valence-electron chi connectivity index (χ3n) is 4.18. The Morgan fingerprint density at radius 1 is 1.08 bits per heavy atom. The molecule has 1 aromatic heterocycles. The quantitative estimate of drug-likeness (QED) is 0.735. The number of nitrogens with one attached hydrogen (secondary N) is 2. The maximum absolute atomic E-state index is 12.1. The fourth-order valence-corrected chi connectivity index (χ4v) is 2.94. The third kappa shape index (κ3) is 3.56. The Morgan fingerprint density at radius 3 is 2.81 bits per heavy atom. The number of aromatic amines is 1. The van der Waals surface area contributed by atoms with E-state index in [1.807, 2.05) is 18.2 Å². The molecular formula is C19H18N2O5. The summed E-state index contributed by atoms with van der Waals surface area (Å²) in [4.78, 5) is 25.8. The summed E-state index contributed by atoms with van der Waals surface area (Å²) in [6, 6.07) is 10.9. The zero-order chi connectivity index (χ0) is 17.9. The van der Waals surface area contributed by atoms with Gasteiger partial charge in [0.25, 0.3) is 0 Å². The maximum atomic E-state index is 12.1. The van der Waals surface area contributed by atoms with Crippen molar-refractivity contribution >= 4 is 22.7 Å². The second kappa shape index (κ2) is 6.95. The molecule has 1 aliphatic rings. The Hall–Kier alpha value is -3.22. The summed E-state index contributed by atoms with van der Waals surface area (Å²) >= 11 is 0. The highest BCUT2D eigenvalue weighted by atomic mass is 16.6. The maximum Gasteiger partial charge on any atom is 0.417 e. The third-order valence-corrected chi connectivity index (χ3v) is 4.18. The summed E-state index contributed by atoms with van der Waals surface area (Å²) in [7, 11) is 0. The predicted molar refractivity (Wildman–Crippen MR) is 95.8 cm³/mol. The molecular weight excluding hydrogens is 336 g/mol. The lowest BCUT2D eigenvalue weighted by atomic mass is 10.1. The number of ether oxygens (including phenoxy) is 2. The number of rotatable bonds is 5. The molecule has 3 aromatic rings. The first-order chi connectivity index (χ1) is 12.7. The smallest absolute Gasteiger partial charge is 0.417 e. The first kappa shape index (κ1) is 16.3. The number of oxazole rings is 1. The molecule has 7 heteroatoms. The minimum Gasteiger partial charge on any atom is -0.486 e. The van der Waals surface area contributed by atoms with E-state index in [2.05, 4.69) is 10.3 Å². The van der Waals surface area contributed by atoms with Gasteiger partial charge in [0.05, 0.1) is 5.52 Å². The van der Waals surface area contributed by atoms with E-state index in [4.69, 9.17) is 13.9 Å². The normalized spacial score (nSPS) is 12.9. The van der Waals surface area contributed by atoms with Crippen LogP contribution in [0, 0.1) is 0 Å². The van der Waals surface area contributed by atoms with Gasteiger partial charge in [-0.3, -0.25) is 9.78 Å². The fraction of sp³-hybridized carbons (Fsp3) is 0.263. The molecule has 1 amide bonds. The summed E-state index contributed by atoms with van der Waals surface area (Å²) in [5.74, 6) is 0.937. The average Bonchev–Trinajstić information content (AvgIpc) is 3.01. The number of amides is 1. The fourth-order valence-electron chi connectivity index (χ4n) is 2.94. The number of fused-ring (bicyclic) bond motifs is 2. The Morgan fingerprint density at radius 2 is 1.92 bits per heavy atom. The molecule has 0 saturated carbocycles. The lowest BCUT2D eigenvalue weighted by Crippen LogP contribution is -2.15. The Balaban J connectivity index is 1.31. The number of anilines is 1. The molecule has 0 unspecified atom stereocenters. The molecule has 0 radical (unpaired) electrons. The van der Waals surface area contributed by atoms with E-state index < -0.39 is 5.76 Å². The molecule has 7 nitrogen and oxygen atoms in total. The Labute approximate surface area is 148 Å². The SMILES string of the molecule is O=C(CCCc1ccc2c(c1)OCCO2)Nc1ccc2[nH]c(=O)oc2c1. The number of hydrogen-bond acceptors (Lipinski definition) is 5. The van der Waals surface area contributed by atoms with Gasteiger partial charge in [0.2, 0.25) is 5.91 Å². The molecule has 2 aromatic carbocycles. The Kier molecular flexibility index (Phi) is 4.35. The van der Waals surface area contributed by atoms with Crippen LogP contribution in [0.25, 0.3) is 11.1 Å². The summed E-state index contributed by atoms with van der Waals surface area (Å²) in [6.45, 7) is 1.13. The van der Waals surface area contributed by atoms with E-state index in [0.29, 0.717) is 42.8 Å². The highest BCUT2D eigenvalue weighted by molar-refractivity contribution is 5.92. The van der Waals surface area contributed by atoms with E-state index >= 15 is 0 Å². The zero-order valence-electron chi connectivity index (χ0n) is 14.0. The number of hydrogen-bond donors (Lipinski definition) is 2. The number of H-pyrrole nitrogens is 1. The average molecular weight is 354 g/mol. The molecule has 0 saturated heterocycles. The van der Waals surface area contributed by atoms with Crippen molar-refractivity contribution in [1.82, 2.24) is 4.98 Å². The van der Waals surface area contributed by atoms with Crippen LogP contribution in [0.3, 0.4) is 0 Å². The summed E-state index contributed by atoms with van der Waals surface area (Å²) in [5, 5.41) is 2.82. The topological polar surface area (TPSA) is 93.6 Å². The first-order valence-corrected chi connectivity index (χ1v) is 8.49. The molecule has 0 atom stereocenters. The molecule has 2 heterocycles. The van der Waals surface area contributed by atoms with Crippen LogP contribution in [0.1, 0.15) is 18.4 Å². The van der Waals surface area contributed by atoms with E-state index in [9.17, 15) is 9.59 Å². The molecule has 0 spiro atoms. The molecule has 0 fully saturated rings.